The van der Waals surface area contributed by atoms with Crippen LogP contribution < -0.4 is 11.1 Å². The number of nitro benzene ring substituents is 1. The van der Waals surface area contributed by atoms with Gasteiger partial charge in [-0.3, -0.25) is 14.9 Å². The minimum atomic E-state index is -0.607. The predicted molar refractivity (Wildman–Crippen MR) is 66.2 cm³/mol. The summed E-state index contributed by atoms with van der Waals surface area (Å²) in [5, 5.41) is 22.5. The van der Waals surface area contributed by atoms with Gasteiger partial charge in [0.2, 0.25) is 5.91 Å². The lowest BCUT2D eigenvalue weighted by Crippen LogP contribution is -2.34. The first-order valence-electron chi connectivity index (χ1n) is 5.36. The number of nitrogens with zero attached hydrogens (tertiary/aromatic N) is 1. The lowest BCUT2D eigenvalue weighted by atomic mass is 10.0. The molecule has 0 fully saturated rings. The van der Waals surface area contributed by atoms with Crippen molar-refractivity contribution in [1.29, 1.82) is 0 Å². The Morgan fingerprint density at radius 2 is 2.11 bits per heavy atom. The van der Waals surface area contributed by atoms with E-state index in [1.54, 1.807) is 13.8 Å². The molecule has 18 heavy (non-hydrogen) atoms. The number of non-ortho nitro benzene ring substituents is 1. The molecule has 4 N–H and O–H groups in total. The molecule has 7 heteroatoms. The predicted octanol–water partition coefficient (Wildman–Crippen LogP) is 1.22. The first-order valence-corrected chi connectivity index (χ1v) is 5.36. The van der Waals surface area contributed by atoms with E-state index in [0.29, 0.717) is 0 Å². The van der Waals surface area contributed by atoms with Crippen LogP contribution in [0.1, 0.15) is 13.8 Å². The molecule has 0 spiro atoms. The first-order chi connectivity index (χ1) is 8.32. The summed E-state index contributed by atoms with van der Waals surface area (Å²) in [7, 11) is 0. The highest BCUT2D eigenvalue weighted by atomic mass is 16.6. The Kier molecular flexibility index (Phi) is 4.22. The molecule has 98 valence electrons. The summed E-state index contributed by atoms with van der Waals surface area (Å²) in [6.07, 6.45) is 0. The van der Waals surface area contributed by atoms with Gasteiger partial charge in [0.05, 0.1) is 16.5 Å². The number of phenols is 1. The summed E-state index contributed by atoms with van der Waals surface area (Å²) in [6, 6.07) is 3.05. The monoisotopic (exact) mass is 253 g/mol. The van der Waals surface area contributed by atoms with Gasteiger partial charge in [0.25, 0.3) is 5.69 Å². The lowest BCUT2D eigenvalue weighted by Gasteiger charge is -2.15. The zero-order valence-electron chi connectivity index (χ0n) is 10.1. The number of benzene rings is 1. The Morgan fingerprint density at radius 3 is 2.61 bits per heavy atom. The fourth-order valence-electron chi connectivity index (χ4n) is 1.22. The van der Waals surface area contributed by atoms with Crippen LogP contribution in [0.3, 0.4) is 0 Å². The SMILES string of the molecule is CC(N)C(C)C(=O)Nc1cc([N+](=O)[O-])ccc1O. The van der Waals surface area contributed by atoms with Crippen LogP contribution in [0.4, 0.5) is 11.4 Å². The van der Waals surface area contributed by atoms with E-state index in [2.05, 4.69) is 5.32 Å². The number of aromatic hydroxyl groups is 1. The molecule has 0 aliphatic carbocycles. The molecule has 0 heterocycles. The van der Waals surface area contributed by atoms with Gasteiger partial charge in [0, 0.05) is 18.2 Å². The number of phenolic OH excluding ortho intramolecular Hbond substituents is 1. The fraction of sp³-hybridized carbons (Fsp3) is 0.364. The van der Waals surface area contributed by atoms with Crippen LogP contribution in [-0.4, -0.2) is 22.0 Å². The van der Waals surface area contributed by atoms with Crippen LogP contribution in [0.2, 0.25) is 0 Å². The van der Waals surface area contributed by atoms with Crippen molar-refractivity contribution in [1.82, 2.24) is 0 Å². The van der Waals surface area contributed by atoms with E-state index < -0.39 is 16.7 Å². The summed E-state index contributed by atoms with van der Waals surface area (Å²) < 4.78 is 0. The highest BCUT2D eigenvalue weighted by Gasteiger charge is 2.19. The molecule has 1 amide bonds. The molecular weight excluding hydrogens is 238 g/mol. The second-order valence-electron chi connectivity index (χ2n) is 4.10. The summed E-state index contributed by atoms with van der Waals surface area (Å²) in [6.45, 7) is 3.31. The van der Waals surface area contributed by atoms with Crippen LogP contribution in [0, 0.1) is 16.0 Å². The highest BCUT2D eigenvalue weighted by Crippen LogP contribution is 2.28. The lowest BCUT2D eigenvalue weighted by molar-refractivity contribution is -0.384. The van der Waals surface area contributed by atoms with Crippen molar-refractivity contribution in [3.63, 3.8) is 0 Å². The molecule has 1 aromatic rings. The van der Waals surface area contributed by atoms with Crippen molar-refractivity contribution >= 4 is 17.3 Å². The molecule has 0 saturated heterocycles. The van der Waals surface area contributed by atoms with Crippen molar-refractivity contribution in [3.05, 3.63) is 28.3 Å². The van der Waals surface area contributed by atoms with Crippen LogP contribution in [0.5, 0.6) is 5.75 Å². The molecule has 0 radical (unpaired) electrons. The summed E-state index contributed by atoms with van der Waals surface area (Å²) in [5.74, 6) is -1.10. The number of nitrogens with two attached hydrogens (primary N) is 1. The number of rotatable bonds is 4. The maximum absolute atomic E-state index is 11.7. The van der Waals surface area contributed by atoms with E-state index in [-0.39, 0.29) is 23.2 Å². The molecule has 1 rings (SSSR count). The zero-order chi connectivity index (χ0) is 13.9. The van der Waals surface area contributed by atoms with Crippen molar-refractivity contribution in [2.75, 3.05) is 5.32 Å². The number of nitrogens with one attached hydrogen (secondary N) is 1. The fourth-order valence-corrected chi connectivity index (χ4v) is 1.22. The quantitative estimate of drug-likeness (QED) is 0.423. The molecule has 0 aliphatic heterocycles. The highest BCUT2D eigenvalue weighted by molar-refractivity contribution is 5.94. The van der Waals surface area contributed by atoms with Gasteiger partial charge >= 0.3 is 0 Å². The zero-order valence-corrected chi connectivity index (χ0v) is 10.1. The topological polar surface area (TPSA) is 118 Å². The maximum Gasteiger partial charge on any atom is 0.271 e. The summed E-state index contributed by atoms with van der Waals surface area (Å²) in [4.78, 5) is 21.7. The van der Waals surface area contributed by atoms with E-state index in [9.17, 15) is 20.0 Å². The molecule has 0 saturated carbocycles. The molecule has 0 aromatic heterocycles. The average Bonchev–Trinajstić information content (AvgIpc) is 2.30. The van der Waals surface area contributed by atoms with Crippen LogP contribution >= 0.6 is 0 Å². The van der Waals surface area contributed by atoms with Gasteiger partial charge in [-0.05, 0) is 13.0 Å². The Morgan fingerprint density at radius 1 is 1.50 bits per heavy atom. The Labute approximate surface area is 104 Å². The molecule has 2 unspecified atom stereocenters. The van der Waals surface area contributed by atoms with Gasteiger partial charge in [0.15, 0.2) is 0 Å². The van der Waals surface area contributed by atoms with Crippen molar-refractivity contribution in [2.24, 2.45) is 11.7 Å². The molecular formula is C11H15N3O4. The normalized spacial score (nSPS) is 13.7. The number of hydrogen-bond acceptors (Lipinski definition) is 5. The number of nitro groups is 1. The van der Waals surface area contributed by atoms with E-state index in [0.717, 1.165) is 18.2 Å². The maximum atomic E-state index is 11.7. The van der Waals surface area contributed by atoms with Gasteiger partial charge < -0.3 is 16.2 Å². The summed E-state index contributed by atoms with van der Waals surface area (Å²) >= 11 is 0. The third-order valence-electron chi connectivity index (χ3n) is 2.65. The Hall–Kier alpha value is -2.15. The van der Waals surface area contributed by atoms with Crippen LogP contribution in [-0.2, 0) is 4.79 Å². The Bertz CT molecular complexity index is 473. The standard InChI is InChI=1S/C11H15N3O4/c1-6(7(2)12)11(16)13-9-5-8(14(17)18)3-4-10(9)15/h3-7,15H,12H2,1-2H3,(H,13,16). The molecule has 2 atom stereocenters. The van der Waals surface area contributed by atoms with Gasteiger partial charge in [-0.25, -0.2) is 0 Å². The first kappa shape index (κ1) is 13.9. The minimum absolute atomic E-state index is 0.00157. The van der Waals surface area contributed by atoms with Gasteiger partial charge in [0.1, 0.15) is 5.75 Å². The van der Waals surface area contributed by atoms with Crippen molar-refractivity contribution in [2.45, 2.75) is 19.9 Å². The third kappa shape index (κ3) is 3.17. The largest absolute Gasteiger partial charge is 0.506 e. The number of carbonyl (C=O) groups is 1. The number of amides is 1. The number of carbonyl (C=O) groups excluding carboxylic acids is 1. The smallest absolute Gasteiger partial charge is 0.271 e. The van der Waals surface area contributed by atoms with E-state index in [4.69, 9.17) is 5.73 Å². The van der Waals surface area contributed by atoms with E-state index >= 15 is 0 Å². The Balaban J connectivity index is 2.93. The number of hydrogen-bond donors (Lipinski definition) is 3. The molecule has 0 aliphatic rings. The molecule has 1 aromatic carbocycles. The van der Waals surface area contributed by atoms with Crippen LogP contribution in [0.15, 0.2) is 18.2 Å². The second-order valence-corrected chi connectivity index (χ2v) is 4.10. The van der Waals surface area contributed by atoms with Crippen molar-refractivity contribution in [3.8, 4) is 5.75 Å². The van der Waals surface area contributed by atoms with E-state index in [1.165, 1.54) is 0 Å². The van der Waals surface area contributed by atoms with Gasteiger partial charge in [-0.2, -0.15) is 0 Å². The minimum Gasteiger partial charge on any atom is -0.506 e. The van der Waals surface area contributed by atoms with Crippen LogP contribution in [0.25, 0.3) is 0 Å². The second kappa shape index (κ2) is 5.46. The number of anilines is 1. The van der Waals surface area contributed by atoms with Gasteiger partial charge in [-0.15, -0.1) is 0 Å². The molecule has 0 bridgehead atoms. The average molecular weight is 253 g/mol. The summed E-state index contributed by atoms with van der Waals surface area (Å²) in [5.41, 5.74) is 5.37. The molecule has 7 nitrogen and oxygen atoms in total. The van der Waals surface area contributed by atoms with Crippen molar-refractivity contribution < 1.29 is 14.8 Å². The van der Waals surface area contributed by atoms with E-state index in [1.807, 2.05) is 0 Å². The third-order valence-corrected chi connectivity index (χ3v) is 2.65. The van der Waals surface area contributed by atoms with Gasteiger partial charge in [-0.1, -0.05) is 6.92 Å².